The van der Waals surface area contributed by atoms with Gasteiger partial charge in [-0.2, -0.15) is 0 Å². The van der Waals surface area contributed by atoms with Gasteiger partial charge in [-0.15, -0.1) is 0 Å². The van der Waals surface area contributed by atoms with Crippen LogP contribution in [0.2, 0.25) is 0 Å². The number of fused-ring (bicyclic) bond motifs is 5. The van der Waals surface area contributed by atoms with Gasteiger partial charge in [-0.1, -0.05) is 18.2 Å². The standard InChI is InChI=1S/C27H22O10/c1-9(28)6-10-7-11-8-14(30)18-19(15(11)23(32)16(10)27(35)36)25(34)20-21(26(18)37-2)24(33)17-12(22(20)31)4-3-5-13(17)29/h3-5,7,9,14,28-30,32,34H,6,8H2,1-2H3,(H,35,36). The summed E-state index contributed by atoms with van der Waals surface area (Å²) in [5, 5.41) is 63.7. The minimum atomic E-state index is -1.48. The van der Waals surface area contributed by atoms with Crippen molar-refractivity contribution in [3.8, 4) is 34.1 Å². The first-order valence-corrected chi connectivity index (χ1v) is 11.3. The van der Waals surface area contributed by atoms with Crippen molar-refractivity contribution in [3.63, 3.8) is 0 Å². The highest BCUT2D eigenvalue weighted by atomic mass is 16.5. The van der Waals surface area contributed by atoms with Gasteiger partial charge in [-0.25, -0.2) is 4.79 Å². The van der Waals surface area contributed by atoms with E-state index in [0.717, 1.165) is 0 Å². The van der Waals surface area contributed by atoms with Crippen LogP contribution in [0.3, 0.4) is 0 Å². The SMILES string of the molecule is COc1c2c(c(O)c3c1C(O)Cc1cc(CC(C)O)c(C(=O)O)c(O)c1-3)C(=O)c1cccc(O)c1C2=O. The number of rotatable bonds is 4. The van der Waals surface area contributed by atoms with E-state index < -0.39 is 58.1 Å². The normalized spacial score (nSPS) is 16.4. The summed E-state index contributed by atoms with van der Waals surface area (Å²) in [5.74, 6) is -5.24. The number of benzene rings is 3. The molecule has 0 radical (unpaired) electrons. The first-order chi connectivity index (χ1) is 17.5. The number of phenolic OH excluding ortho intramolecular Hbond substituents is 2. The van der Waals surface area contributed by atoms with Gasteiger partial charge in [0.1, 0.15) is 28.6 Å². The topological polar surface area (TPSA) is 182 Å². The molecule has 2 aliphatic rings. The van der Waals surface area contributed by atoms with Crippen molar-refractivity contribution in [2.45, 2.75) is 32.0 Å². The molecule has 0 bridgehead atoms. The molecule has 0 heterocycles. The molecule has 0 amide bonds. The molecular weight excluding hydrogens is 484 g/mol. The molecule has 2 aliphatic carbocycles. The van der Waals surface area contributed by atoms with Crippen molar-refractivity contribution in [2.24, 2.45) is 0 Å². The average Bonchev–Trinajstić information content (AvgIpc) is 2.81. The van der Waals surface area contributed by atoms with E-state index in [0.29, 0.717) is 0 Å². The number of carboxylic acids is 1. The minimum absolute atomic E-state index is 0.0990. The number of aliphatic hydroxyl groups excluding tert-OH is 2. The van der Waals surface area contributed by atoms with Crippen LogP contribution in [0.15, 0.2) is 24.3 Å². The van der Waals surface area contributed by atoms with E-state index in [1.54, 1.807) is 0 Å². The maximum Gasteiger partial charge on any atom is 0.339 e. The lowest BCUT2D eigenvalue weighted by Gasteiger charge is -2.32. The number of methoxy groups -OCH3 is 1. The smallest absolute Gasteiger partial charge is 0.339 e. The van der Waals surface area contributed by atoms with Gasteiger partial charge in [0, 0.05) is 28.7 Å². The van der Waals surface area contributed by atoms with E-state index in [1.165, 1.54) is 38.3 Å². The van der Waals surface area contributed by atoms with Gasteiger partial charge in [-0.3, -0.25) is 9.59 Å². The molecule has 3 aromatic carbocycles. The van der Waals surface area contributed by atoms with Crippen molar-refractivity contribution in [1.29, 1.82) is 0 Å². The summed E-state index contributed by atoms with van der Waals surface area (Å²) in [6, 6.07) is 5.34. The van der Waals surface area contributed by atoms with E-state index in [4.69, 9.17) is 4.74 Å². The number of ether oxygens (including phenoxy) is 1. The number of aliphatic hydroxyl groups is 2. The van der Waals surface area contributed by atoms with Crippen molar-refractivity contribution < 1.29 is 49.8 Å². The number of carboxylic acid groups (broad SMARTS) is 1. The molecule has 2 unspecified atom stereocenters. The Labute approximate surface area is 209 Å². The van der Waals surface area contributed by atoms with Crippen LogP contribution in [0.5, 0.6) is 23.0 Å². The lowest BCUT2D eigenvalue weighted by atomic mass is 9.74. The minimum Gasteiger partial charge on any atom is -0.507 e. The highest BCUT2D eigenvalue weighted by Gasteiger charge is 2.43. The molecule has 37 heavy (non-hydrogen) atoms. The zero-order valence-electron chi connectivity index (χ0n) is 19.7. The maximum absolute atomic E-state index is 13.5. The van der Waals surface area contributed by atoms with E-state index in [9.17, 15) is 45.0 Å². The number of aromatic hydroxyl groups is 3. The second-order valence-electron chi connectivity index (χ2n) is 9.15. The summed E-state index contributed by atoms with van der Waals surface area (Å²) in [6.45, 7) is 1.45. The number of hydrogen-bond acceptors (Lipinski definition) is 9. The number of ketones is 2. The van der Waals surface area contributed by atoms with Crippen LogP contribution in [-0.4, -0.2) is 61.4 Å². The third kappa shape index (κ3) is 3.30. The molecular formula is C27H22O10. The second kappa shape index (κ2) is 8.32. The van der Waals surface area contributed by atoms with Crippen LogP contribution < -0.4 is 4.74 Å². The van der Waals surface area contributed by atoms with Gasteiger partial charge in [-0.05, 0) is 30.5 Å². The van der Waals surface area contributed by atoms with Crippen LogP contribution in [0, 0.1) is 0 Å². The molecule has 6 N–H and O–H groups in total. The fraction of sp³-hybridized carbons (Fsp3) is 0.222. The van der Waals surface area contributed by atoms with E-state index in [-0.39, 0.29) is 63.1 Å². The molecule has 0 saturated carbocycles. The summed E-state index contributed by atoms with van der Waals surface area (Å²) in [6.07, 6.45) is -2.56. The molecule has 190 valence electrons. The molecule has 0 fully saturated rings. The van der Waals surface area contributed by atoms with E-state index in [2.05, 4.69) is 0 Å². The number of carbonyl (C=O) groups is 3. The summed E-state index contributed by atoms with van der Waals surface area (Å²) >= 11 is 0. The lowest BCUT2D eigenvalue weighted by molar-refractivity contribution is 0.0691. The Balaban J connectivity index is 1.91. The van der Waals surface area contributed by atoms with Gasteiger partial charge in [0.25, 0.3) is 0 Å². The zero-order chi connectivity index (χ0) is 26.9. The fourth-order valence-corrected chi connectivity index (χ4v) is 5.43. The summed E-state index contributed by atoms with van der Waals surface area (Å²) in [5.41, 5.74) is -1.84. The van der Waals surface area contributed by atoms with Crippen LogP contribution in [0.25, 0.3) is 11.1 Å². The first-order valence-electron chi connectivity index (χ1n) is 11.3. The Hall–Kier alpha value is -4.41. The first kappa shape index (κ1) is 24.3. The Morgan fingerprint density at radius 2 is 1.73 bits per heavy atom. The number of hydrogen-bond donors (Lipinski definition) is 6. The van der Waals surface area contributed by atoms with E-state index in [1.807, 2.05) is 0 Å². The number of aromatic carboxylic acids is 1. The second-order valence-corrected chi connectivity index (χ2v) is 9.15. The van der Waals surface area contributed by atoms with Gasteiger partial charge < -0.3 is 35.4 Å². The molecule has 0 aliphatic heterocycles. The molecule has 5 rings (SSSR count). The van der Waals surface area contributed by atoms with Crippen molar-refractivity contribution >= 4 is 17.5 Å². The molecule has 10 heteroatoms. The molecule has 0 aromatic heterocycles. The molecule has 10 nitrogen and oxygen atoms in total. The average molecular weight is 506 g/mol. The third-order valence-electron chi connectivity index (χ3n) is 6.83. The van der Waals surface area contributed by atoms with E-state index >= 15 is 0 Å². The Morgan fingerprint density at radius 1 is 1.03 bits per heavy atom. The predicted octanol–water partition coefficient (Wildman–Crippen LogP) is 2.47. The van der Waals surface area contributed by atoms with Crippen LogP contribution in [0.4, 0.5) is 0 Å². The zero-order valence-corrected chi connectivity index (χ0v) is 19.7. The van der Waals surface area contributed by atoms with Gasteiger partial charge in [0.2, 0.25) is 5.78 Å². The van der Waals surface area contributed by atoms with Gasteiger partial charge in [0.15, 0.2) is 5.78 Å². The summed E-state index contributed by atoms with van der Waals surface area (Å²) in [7, 11) is 1.20. The van der Waals surface area contributed by atoms with Crippen LogP contribution in [-0.2, 0) is 12.8 Å². The highest BCUT2D eigenvalue weighted by Crippen LogP contribution is 2.56. The quantitative estimate of drug-likeness (QED) is 0.240. The molecule has 2 atom stereocenters. The Morgan fingerprint density at radius 3 is 2.35 bits per heavy atom. The Bertz CT molecular complexity index is 1550. The maximum atomic E-state index is 13.5. The Kier molecular flexibility index (Phi) is 5.47. The van der Waals surface area contributed by atoms with Crippen molar-refractivity contribution in [1.82, 2.24) is 0 Å². The van der Waals surface area contributed by atoms with Crippen LogP contribution in [0.1, 0.15) is 71.9 Å². The molecule has 0 spiro atoms. The van der Waals surface area contributed by atoms with Crippen molar-refractivity contribution in [3.05, 3.63) is 68.8 Å². The lowest BCUT2D eigenvalue weighted by Crippen LogP contribution is -2.25. The molecule has 0 saturated heterocycles. The molecule has 3 aromatic rings. The summed E-state index contributed by atoms with van der Waals surface area (Å²) in [4.78, 5) is 39.0. The monoisotopic (exact) mass is 506 g/mol. The van der Waals surface area contributed by atoms with Crippen molar-refractivity contribution in [2.75, 3.05) is 7.11 Å². The van der Waals surface area contributed by atoms with Crippen LogP contribution >= 0.6 is 0 Å². The number of phenols is 3. The number of carbonyl (C=O) groups excluding carboxylic acids is 2. The highest BCUT2D eigenvalue weighted by molar-refractivity contribution is 6.32. The fourth-order valence-electron chi connectivity index (χ4n) is 5.43. The largest absolute Gasteiger partial charge is 0.507 e. The van der Waals surface area contributed by atoms with Gasteiger partial charge in [0.05, 0.1) is 36.0 Å². The third-order valence-corrected chi connectivity index (χ3v) is 6.83. The summed E-state index contributed by atoms with van der Waals surface area (Å²) < 4.78 is 5.46. The van der Waals surface area contributed by atoms with Gasteiger partial charge >= 0.3 is 5.97 Å². The predicted molar refractivity (Wildman–Crippen MR) is 128 cm³/mol.